The minimum absolute atomic E-state index is 0.121. The van der Waals surface area contributed by atoms with Gasteiger partial charge < -0.3 is 25.0 Å². The summed E-state index contributed by atoms with van der Waals surface area (Å²) >= 11 is 0. The number of hydrogen-bond acceptors (Lipinski definition) is 6. The molecule has 2 aromatic rings. The van der Waals surface area contributed by atoms with E-state index in [1.165, 1.54) is 0 Å². The number of fused-ring (bicyclic) bond motifs is 1. The van der Waals surface area contributed by atoms with E-state index in [4.69, 9.17) is 9.47 Å². The number of hydrogen-bond donors (Lipinski definition) is 2. The number of nitrogens with zero attached hydrogens (tertiary/aromatic N) is 2. The van der Waals surface area contributed by atoms with Gasteiger partial charge in [0.1, 0.15) is 0 Å². The normalized spacial score (nSPS) is 17.1. The summed E-state index contributed by atoms with van der Waals surface area (Å²) < 4.78 is 10.6. The molecule has 1 atom stereocenters. The first-order valence-corrected chi connectivity index (χ1v) is 9.73. The molecular formula is C21H22N4O5. The lowest BCUT2D eigenvalue weighted by Gasteiger charge is -2.17. The molecule has 30 heavy (non-hydrogen) atoms. The van der Waals surface area contributed by atoms with E-state index in [-0.39, 0.29) is 43.9 Å². The smallest absolute Gasteiger partial charge is 0.231 e. The van der Waals surface area contributed by atoms with Gasteiger partial charge in [0.2, 0.25) is 24.5 Å². The molecule has 0 bridgehead atoms. The molecule has 0 radical (unpaired) electrons. The van der Waals surface area contributed by atoms with Crippen molar-refractivity contribution in [1.29, 1.82) is 0 Å². The number of carbonyl (C=O) groups excluding carboxylic acids is 3. The van der Waals surface area contributed by atoms with Crippen LogP contribution in [0.2, 0.25) is 0 Å². The Labute approximate surface area is 173 Å². The van der Waals surface area contributed by atoms with Gasteiger partial charge in [-0.2, -0.15) is 0 Å². The Kier molecular flexibility index (Phi) is 5.78. The zero-order valence-corrected chi connectivity index (χ0v) is 16.3. The van der Waals surface area contributed by atoms with Crippen molar-refractivity contribution in [2.75, 3.05) is 24.8 Å². The van der Waals surface area contributed by atoms with Crippen LogP contribution >= 0.6 is 0 Å². The molecule has 2 N–H and O–H groups in total. The summed E-state index contributed by atoms with van der Waals surface area (Å²) in [5.41, 5.74) is 1.63. The summed E-state index contributed by atoms with van der Waals surface area (Å²) in [6.07, 6.45) is 3.63. The van der Waals surface area contributed by atoms with Crippen molar-refractivity contribution < 1.29 is 23.9 Å². The molecule has 2 aliphatic rings. The molecule has 0 aliphatic carbocycles. The fraction of sp³-hybridized carbons (Fsp3) is 0.333. The maximum atomic E-state index is 12.4. The maximum Gasteiger partial charge on any atom is 0.231 e. The number of anilines is 1. The third-order valence-corrected chi connectivity index (χ3v) is 5.05. The van der Waals surface area contributed by atoms with Crippen molar-refractivity contribution in [1.82, 2.24) is 15.6 Å². The van der Waals surface area contributed by atoms with E-state index in [2.05, 4.69) is 15.6 Å². The number of carbonyl (C=O) groups is 3. The van der Waals surface area contributed by atoms with E-state index in [0.717, 1.165) is 5.56 Å². The maximum absolute atomic E-state index is 12.4. The Morgan fingerprint density at radius 3 is 2.73 bits per heavy atom. The highest BCUT2D eigenvalue weighted by Gasteiger charge is 2.35. The molecule has 9 nitrogen and oxygen atoms in total. The second-order valence-electron chi connectivity index (χ2n) is 7.12. The molecular weight excluding hydrogens is 388 g/mol. The van der Waals surface area contributed by atoms with Gasteiger partial charge in [-0.15, -0.1) is 0 Å². The first-order chi connectivity index (χ1) is 14.6. The SMILES string of the molecule is O=C(CCNC(=O)C1CC(=O)N(c2ccc3c(c2)OCO3)C1)NCc1ccncc1. The highest BCUT2D eigenvalue weighted by Crippen LogP contribution is 2.37. The average molecular weight is 410 g/mol. The first-order valence-electron chi connectivity index (χ1n) is 9.73. The van der Waals surface area contributed by atoms with Crippen LogP contribution in [-0.4, -0.2) is 42.6 Å². The van der Waals surface area contributed by atoms with Crippen LogP contribution in [0.15, 0.2) is 42.7 Å². The predicted molar refractivity (Wildman–Crippen MR) is 107 cm³/mol. The van der Waals surface area contributed by atoms with Gasteiger partial charge in [0, 0.05) is 56.6 Å². The zero-order valence-electron chi connectivity index (χ0n) is 16.3. The molecule has 1 saturated heterocycles. The van der Waals surface area contributed by atoms with Gasteiger partial charge in [-0.05, 0) is 29.8 Å². The molecule has 3 heterocycles. The zero-order chi connectivity index (χ0) is 20.9. The van der Waals surface area contributed by atoms with Gasteiger partial charge >= 0.3 is 0 Å². The lowest BCUT2D eigenvalue weighted by atomic mass is 10.1. The van der Waals surface area contributed by atoms with E-state index >= 15 is 0 Å². The molecule has 4 rings (SSSR count). The highest BCUT2D eigenvalue weighted by molar-refractivity contribution is 6.00. The van der Waals surface area contributed by atoms with Crippen molar-refractivity contribution in [3.63, 3.8) is 0 Å². The van der Waals surface area contributed by atoms with Gasteiger partial charge in [0.15, 0.2) is 11.5 Å². The Morgan fingerprint density at radius 1 is 1.10 bits per heavy atom. The standard InChI is InChI=1S/C21H22N4O5/c26-19(24-11-14-3-6-22-7-4-14)5-8-23-21(28)15-9-20(27)25(12-15)16-1-2-17-18(10-16)30-13-29-17/h1-4,6-7,10,15H,5,8-9,11-13H2,(H,23,28)(H,24,26). The second kappa shape index (κ2) is 8.81. The first kappa shape index (κ1) is 19.7. The van der Waals surface area contributed by atoms with Crippen molar-refractivity contribution in [2.24, 2.45) is 5.92 Å². The molecule has 9 heteroatoms. The van der Waals surface area contributed by atoms with Crippen molar-refractivity contribution >= 4 is 23.4 Å². The van der Waals surface area contributed by atoms with Crippen LogP contribution in [0, 0.1) is 5.92 Å². The Bertz CT molecular complexity index is 950. The molecule has 0 saturated carbocycles. The number of ether oxygens (including phenoxy) is 2. The summed E-state index contributed by atoms with van der Waals surface area (Å²) in [7, 11) is 0. The summed E-state index contributed by atoms with van der Waals surface area (Å²) in [6.45, 7) is 1.08. The van der Waals surface area contributed by atoms with Crippen LogP contribution in [0.5, 0.6) is 11.5 Å². The van der Waals surface area contributed by atoms with Gasteiger partial charge in [0.05, 0.1) is 5.92 Å². The average Bonchev–Trinajstić information content (AvgIpc) is 3.38. The fourth-order valence-electron chi connectivity index (χ4n) is 3.42. The van der Waals surface area contributed by atoms with Crippen LogP contribution in [0.25, 0.3) is 0 Å². The Hall–Kier alpha value is -3.62. The minimum atomic E-state index is -0.456. The largest absolute Gasteiger partial charge is 0.454 e. The number of benzene rings is 1. The topological polar surface area (TPSA) is 110 Å². The lowest BCUT2D eigenvalue weighted by molar-refractivity contribution is -0.126. The van der Waals surface area contributed by atoms with Crippen LogP contribution in [0.3, 0.4) is 0 Å². The molecule has 0 spiro atoms. The van der Waals surface area contributed by atoms with Crippen molar-refractivity contribution in [3.8, 4) is 11.5 Å². The van der Waals surface area contributed by atoms with Crippen LogP contribution in [0.4, 0.5) is 5.69 Å². The van der Waals surface area contributed by atoms with Crippen LogP contribution in [0.1, 0.15) is 18.4 Å². The summed E-state index contributed by atoms with van der Waals surface area (Å²) in [6, 6.07) is 8.92. The summed E-state index contributed by atoms with van der Waals surface area (Å²) in [4.78, 5) is 42.3. The molecule has 156 valence electrons. The van der Waals surface area contributed by atoms with E-state index in [0.29, 0.717) is 30.3 Å². The van der Waals surface area contributed by atoms with E-state index < -0.39 is 5.92 Å². The monoisotopic (exact) mass is 410 g/mol. The summed E-state index contributed by atoms with van der Waals surface area (Å²) in [5, 5.41) is 5.55. The van der Waals surface area contributed by atoms with Gasteiger partial charge in [-0.25, -0.2) is 0 Å². The van der Waals surface area contributed by atoms with E-state index in [9.17, 15) is 14.4 Å². The number of rotatable bonds is 7. The van der Waals surface area contributed by atoms with Crippen LogP contribution < -0.4 is 25.0 Å². The molecule has 1 unspecified atom stereocenters. The predicted octanol–water partition coefficient (Wildman–Crippen LogP) is 0.986. The third-order valence-electron chi connectivity index (χ3n) is 5.05. The fourth-order valence-corrected chi connectivity index (χ4v) is 3.42. The minimum Gasteiger partial charge on any atom is -0.454 e. The van der Waals surface area contributed by atoms with Crippen molar-refractivity contribution in [2.45, 2.75) is 19.4 Å². The van der Waals surface area contributed by atoms with Crippen molar-refractivity contribution in [3.05, 3.63) is 48.3 Å². The molecule has 1 aromatic heterocycles. The highest BCUT2D eigenvalue weighted by atomic mass is 16.7. The number of amides is 3. The van der Waals surface area contributed by atoms with Gasteiger partial charge in [-0.1, -0.05) is 0 Å². The Morgan fingerprint density at radius 2 is 1.90 bits per heavy atom. The Balaban J connectivity index is 1.22. The summed E-state index contributed by atoms with van der Waals surface area (Å²) in [5.74, 6) is 0.268. The third kappa shape index (κ3) is 4.51. The number of pyridine rings is 1. The molecule has 1 aromatic carbocycles. The number of nitrogens with one attached hydrogen (secondary N) is 2. The second-order valence-corrected chi connectivity index (χ2v) is 7.12. The van der Waals surface area contributed by atoms with Gasteiger partial charge in [0.25, 0.3) is 0 Å². The quantitative estimate of drug-likeness (QED) is 0.704. The number of aromatic nitrogens is 1. The molecule has 1 fully saturated rings. The van der Waals surface area contributed by atoms with E-state index in [1.54, 1.807) is 35.5 Å². The lowest BCUT2D eigenvalue weighted by Crippen LogP contribution is -2.35. The van der Waals surface area contributed by atoms with Gasteiger partial charge in [-0.3, -0.25) is 19.4 Å². The molecule has 2 aliphatic heterocycles. The van der Waals surface area contributed by atoms with E-state index in [1.807, 2.05) is 12.1 Å². The van der Waals surface area contributed by atoms with Crippen LogP contribution in [-0.2, 0) is 20.9 Å². The molecule has 3 amide bonds.